The van der Waals surface area contributed by atoms with E-state index in [2.05, 4.69) is 34.2 Å². The van der Waals surface area contributed by atoms with Gasteiger partial charge in [-0.3, -0.25) is 9.58 Å². The Labute approximate surface area is 147 Å². The Kier molecular flexibility index (Phi) is 4.87. The summed E-state index contributed by atoms with van der Waals surface area (Å²) in [7, 11) is 0. The van der Waals surface area contributed by atoms with Crippen LogP contribution in [0.1, 0.15) is 39.4 Å². The van der Waals surface area contributed by atoms with E-state index in [1.807, 2.05) is 24.6 Å². The van der Waals surface area contributed by atoms with Gasteiger partial charge in [-0.1, -0.05) is 13.8 Å². The second-order valence-corrected chi connectivity index (χ2v) is 6.43. The number of aromatic nitrogens is 4. The maximum atomic E-state index is 12.1. The molecule has 1 fully saturated rings. The number of carbonyl (C=O) groups excluding carboxylic acids is 1. The maximum absolute atomic E-state index is 12.1. The lowest BCUT2D eigenvalue weighted by molar-refractivity contribution is 0.177. The molecule has 0 spiro atoms. The topological polar surface area (TPSA) is 85.2 Å². The normalized spacial score (nSPS) is 18.5. The molecular weight excluding hydrogens is 320 g/mol. The van der Waals surface area contributed by atoms with Crippen LogP contribution in [0.5, 0.6) is 0 Å². The summed E-state index contributed by atoms with van der Waals surface area (Å²) in [5.74, 6) is 1.29. The Bertz CT molecular complexity index is 744. The molecule has 3 rings (SSSR count). The highest BCUT2D eigenvalue weighted by Gasteiger charge is 2.37. The van der Waals surface area contributed by atoms with Crippen LogP contribution in [0.2, 0.25) is 0 Å². The fourth-order valence-corrected chi connectivity index (χ4v) is 2.99. The number of aryl methyl sites for hydroxylation is 1. The zero-order valence-electron chi connectivity index (χ0n) is 15.0. The number of nitrogens with zero attached hydrogens (tertiary/aromatic N) is 5. The van der Waals surface area contributed by atoms with E-state index in [0.717, 1.165) is 12.2 Å². The van der Waals surface area contributed by atoms with Crippen molar-refractivity contribution in [1.82, 2.24) is 19.7 Å². The number of ether oxygens (including phenoxy) is 1. The minimum Gasteiger partial charge on any atom is -0.447 e. The van der Waals surface area contributed by atoms with E-state index in [1.54, 1.807) is 23.4 Å². The van der Waals surface area contributed by atoms with Crippen LogP contribution >= 0.6 is 0 Å². The molecule has 3 heterocycles. The Morgan fingerprint density at radius 3 is 2.84 bits per heavy atom. The van der Waals surface area contributed by atoms with Gasteiger partial charge in [-0.2, -0.15) is 10.1 Å². The minimum absolute atomic E-state index is 0.0101. The number of hydrogen-bond donors (Lipinski definition) is 1. The number of carbonyl (C=O) groups is 1. The summed E-state index contributed by atoms with van der Waals surface area (Å²) in [4.78, 5) is 22.5. The van der Waals surface area contributed by atoms with E-state index < -0.39 is 0 Å². The fourth-order valence-electron chi connectivity index (χ4n) is 2.99. The standard InChI is InChI=1S/C17H24N6O2/c1-5-22-13(6-9-19-22)12(4)20-16-18-8-7-15(21-16)23-14(11(2)3)10-25-17(23)24/h6-9,11-12,14H,5,10H2,1-4H3,(H,18,20,21)/t12-,14+/m0/s1. The molecule has 2 atom stereocenters. The van der Waals surface area contributed by atoms with Gasteiger partial charge in [0.25, 0.3) is 0 Å². The van der Waals surface area contributed by atoms with Gasteiger partial charge < -0.3 is 10.1 Å². The van der Waals surface area contributed by atoms with Gasteiger partial charge in [0.1, 0.15) is 12.4 Å². The minimum atomic E-state index is -0.361. The lowest BCUT2D eigenvalue weighted by Crippen LogP contribution is -2.37. The van der Waals surface area contributed by atoms with Crippen molar-refractivity contribution in [3.63, 3.8) is 0 Å². The summed E-state index contributed by atoms with van der Waals surface area (Å²) in [5, 5.41) is 7.56. The smallest absolute Gasteiger partial charge is 0.415 e. The van der Waals surface area contributed by atoms with Gasteiger partial charge in [-0.05, 0) is 31.9 Å². The SMILES string of the molecule is CCn1nccc1[C@H](C)Nc1nccc(N2C(=O)OC[C@@H]2C(C)C)n1. The average molecular weight is 344 g/mol. The summed E-state index contributed by atoms with van der Waals surface area (Å²) in [6.07, 6.45) is 3.07. The van der Waals surface area contributed by atoms with Crippen molar-refractivity contribution in [3.05, 3.63) is 30.2 Å². The molecule has 2 aromatic rings. The first-order valence-electron chi connectivity index (χ1n) is 8.58. The second-order valence-electron chi connectivity index (χ2n) is 6.43. The molecule has 0 bridgehead atoms. The molecule has 0 unspecified atom stereocenters. The molecule has 134 valence electrons. The van der Waals surface area contributed by atoms with Crippen molar-refractivity contribution >= 4 is 17.9 Å². The molecule has 25 heavy (non-hydrogen) atoms. The maximum Gasteiger partial charge on any atom is 0.415 e. The highest BCUT2D eigenvalue weighted by molar-refractivity contribution is 5.89. The molecule has 0 saturated carbocycles. The Morgan fingerprint density at radius 2 is 2.12 bits per heavy atom. The molecule has 8 nitrogen and oxygen atoms in total. The van der Waals surface area contributed by atoms with Crippen LogP contribution in [0.3, 0.4) is 0 Å². The number of amides is 1. The Balaban J connectivity index is 1.81. The lowest BCUT2D eigenvalue weighted by Gasteiger charge is -2.23. The second kappa shape index (κ2) is 7.08. The molecule has 1 N–H and O–H groups in total. The van der Waals surface area contributed by atoms with Gasteiger partial charge in [0, 0.05) is 18.9 Å². The largest absolute Gasteiger partial charge is 0.447 e. The van der Waals surface area contributed by atoms with Gasteiger partial charge in [0.2, 0.25) is 5.95 Å². The highest BCUT2D eigenvalue weighted by atomic mass is 16.6. The predicted octanol–water partition coefficient (Wildman–Crippen LogP) is 2.85. The van der Waals surface area contributed by atoms with Crippen LogP contribution in [-0.2, 0) is 11.3 Å². The van der Waals surface area contributed by atoms with Crippen LogP contribution in [0, 0.1) is 5.92 Å². The Morgan fingerprint density at radius 1 is 1.32 bits per heavy atom. The summed E-state index contributed by atoms with van der Waals surface area (Å²) >= 11 is 0. The van der Waals surface area contributed by atoms with E-state index in [4.69, 9.17) is 4.74 Å². The molecule has 1 amide bonds. The summed E-state index contributed by atoms with van der Waals surface area (Å²) in [5.41, 5.74) is 1.05. The lowest BCUT2D eigenvalue weighted by atomic mass is 10.0. The van der Waals surface area contributed by atoms with E-state index in [1.165, 1.54) is 0 Å². The van der Waals surface area contributed by atoms with Gasteiger partial charge in [-0.25, -0.2) is 9.78 Å². The molecular formula is C17H24N6O2. The van der Waals surface area contributed by atoms with E-state index in [9.17, 15) is 4.79 Å². The first-order valence-corrected chi connectivity index (χ1v) is 8.58. The summed E-state index contributed by atoms with van der Waals surface area (Å²) in [6.45, 7) is 9.38. The third-order valence-electron chi connectivity index (χ3n) is 4.40. The van der Waals surface area contributed by atoms with E-state index >= 15 is 0 Å². The molecule has 1 aliphatic rings. The molecule has 1 aliphatic heterocycles. The monoisotopic (exact) mass is 344 g/mol. The molecule has 0 aromatic carbocycles. The third kappa shape index (κ3) is 3.42. The predicted molar refractivity (Wildman–Crippen MR) is 94.4 cm³/mol. The van der Waals surface area contributed by atoms with Gasteiger partial charge in [0.15, 0.2) is 0 Å². The zero-order chi connectivity index (χ0) is 18.0. The van der Waals surface area contributed by atoms with Crippen LogP contribution < -0.4 is 10.2 Å². The van der Waals surface area contributed by atoms with E-state index in [0.29, 0.717) is 18.4 Å². The van der Waals surface area contributed by atoms with Crippen molar-refractivity contribution in [3.8, 4) is 0 Å². The highest BCUT2D eigenvalue weighted by Crippen LogP contribution is 2.26. The van der Waals surface area contributed by atoms with Crippen LogP contribution in [0.25, 0.3) is 0 Å². The summed E-state index contributed by atoms with van der Waals surface area (Å²) < 4.78 is 7.12. The first-order chi connectivity index (χ1) is 12.0. The Hall–Kier alpha value is -2.64. The number of anilines is 2. The first kappa shape index (κ1) is 17.2. The molecule has 8 heteroatoms. The average Bonchev–Trinajstić information content (AvgIpc) is 3.21. The fraction of sp³-hybridized carbons (Fsp3) is 0.529. The number of hydrogen-bond acceptors (Lipinski definition) is 6. The zero-order valence-corrected chi connectivity index (χ0v) is 15.0. The quantitative estimate of drug-likeness (QED) is 0.867. The third-order valence-corrected chi connectivity index (χ3v) is 4.40. The molecule has 1 saturated heterocycles. The van der Waals surface area contributed by atoms with Gasteiger partial charge in [0.05, 0.1) is 17.8 Å². The van der Waals surface area contributed by atoms with Crippen LogP contribution in [0.4, 0.5) is 16.6 Å². The molecule has 0 radical (unpaired) electrons. The van der Waals surface area contributed by atoms with Crippen molar-refractivity contribution in [1.29, 1.82) is 0 Å². The number of cyclic esters (lactones) is 1. The van der Waals surface area contributed by atoms with E-state index in [-0.39, 0.29) is 24.1 Å². The summed E-state index contributed by atoms with van der Waals surface area (Å²) in [6, 6.07) is 3.67. The van der Waals surface area contributed by atoms with Crippen LogP contribution in [-0.4, -0.2) is 38.5 Å². The van der Waals surface area contributed by atoms with Crippen molar-refractivity contribution in [2.24, 2.45) is 5.92 Å². The van der Waals surface area contributed by atoms with Gasteiger partial charge in [-0.15, -0.1) is 0 Å². The number of nitrogens with one attached hydrogen (secondary N) is 1. The van der Waals surface area contributed by atoms with Crippen molar-refractivity contribution in [2.75, 3.05) is 16.8 Å². The van der Waals surface area contributed by atoms with Crippen molar-refractivity contribution in [2.45, 2.75) is 46.3 Å². The molecule has 0 aliphatic carbocycles. The van der Waals surface area contributed by atoms with Crippen LogP contribution in [0.15, 0.2) is 24.5 Å². The molecule has 2 aromatic heterocycles. The number of rotatable bonds is 6. The van der Waals surface area contributed by atoms with Gasteiger partial charge >= 0.3 is 6.09 Å². The van der Waals surface area contributed by atoms with Crippen molar-refractivity contribution < 1.29 is 9.53 Å².